The lowest BCUT2D eigenvalue weighted by Gasteiger charge is -2.01. The summed E-state index contributed by atoms with van der Waals surface area (Å²) in [6.45, 7) is 0. The highest BCUT2D eigenvalue weighted by atomic mass is 32.1. The molecular formula is C15H11N5S. The predicted molar refractivity (Wildman–Crippen MR) is 83.9 cm³/mol. The molecule has 4 aromatic heterocycles. The SMILES string of the molecule is Nc1c(-c2ccccn2)nc2scc(-c3ccccn3)n12. The lowest BCUT2D eigenvalue weighted by atomic mass is 10.2. The van der Waals surface area contributed by atoms with Crippen LogP contribution in [-0.2, 0) is 0 Å². The summed E-state index contributed by atoms with van der Waals surface area (Å²) in [5, 5.41) is 2.02. The first-order valence-electron chi connectivity index (χ1n) is 6.43. The number of hydrogen-bond donors (Lipinski definition) is 1. The highest BCUT2D eigenvalue weighted by Gasteiger charge is 2.17. The maximum absolute atomic E-state index is 6.29. The van der Waals surface area contributed by atoms with Crippen LogP contribution in [0.2, 0.25) is 0 Å². The van der Waals surface area contributed by atoms with Crippen LogP contribution in [0.5, 0.6) is 0 Å². The molecule has 0 fully saturated rings. The standard InChI is InChI=1S/C15H11N5S/c16-14-13(11-6-2-4-8-18-11)19-15-20(14)12(9-21-15)10-5-1-3-7-17-10/h1-9H,16H2. The molecular weight excluding hydrogens is 282 g/mol. The fourth-order valence-electron chi connectivity index (χ4n) is 2.27. The molecule has 0 aliphatic heterocycles. The molecule has 0 spiro atoms. The van der Waals surface area contributed by atoms with Crippen molar-refractivity contribution in [2.24, 2.45) is 0 Å². The van der Waals surface area contributed by atoms with Crippen molar-refractivity contribution in [3.05, 3.63) is 54.2 Å². The van der Waals surface area contributed by atoms with E-state index in [9.17, 15) is 0 Å². The smallest absolute Gasteiger partial charge is 0.196 e. The number of anilines is 1. The Morgan fingerprint density at radius 1 is 0.952 bits per heavy atom. The largest absolute Gasteiger partial charge is 0.383 e. The first-order valence-corrected chi connectivity index (χ1v) is 7.31. The van der Waals surface area contributed by atoms with E-state index < -0.39 is 0 Å². The molecule has 0 saturated heterocycles. The number of nitrogens with two attached hydrogens (primary N) is 1. The molecule has 6 heteroatoms. The van der Waals surface area contributed by atoms with E-state index in [1.807, 2.05) is 46.2 Å². The van der Waals surface area contributed by atoms with E-state index >= 15 is 0 Å². The average molecular weight is 293 g/mol. The Hall–Kier alpha value is -2.73. The van der Waals surface area contributed by atoms with Crippen LogP contribution in [0.15, 0.2) is 54.2 Å². The summed E-state index contributed by atoms with van der Waals surface area (Å²) in [5.41, 5.74) is 9.60. The van der Waals surface area contributed by atoms with Crippen LogP contribution in [0, 0.1) is 0 Å². The molecule has 4 rings (SSSR count). The van der Waals surface area contributed by atoms with E-state index in [-0.39, 0.29) is 0 Å². The molecule has 4 heterocycles. The third kappa shape index (κ3) is 1.88. The van der Waals surface area contributed by atoms with Gasteiger partial charge in [0.25, 0.3) is 0 Å². The summed E-state index contributed by atoms with van der Waals surface area (Å²) >= 11 is 1.54. The lowest BCUT2D eigenvalue weighted by Crippen LogP contribution is -1.96. The van der Waals surface area contributed by atoms with Gasteiger partial charge in [0, 0.05) is 17.8 Å². The highest BCUT2D eigenvalue weighted by Crippen LogP contribution is 2.32. The van der Waals surface area contributed by atoms with Gasteiger partial charge in [-0.15, -0.1) is 11.3 Å². The third-order valence-corrected chi connectivity index (χ3v) is 4.06. The minimum Gasteiger partial charge on any atom is -0.383 e. The molecule has 0 aliphatic rings. The number of fused-ring (bicyclic) bond motifs is 1. The van der Waals surface area contributed by atoms with Crippen LogP contribution in [-0.4, -0.2) is 19.4 Å². The third-order valence-electron chi connectivity index (χ3n) is 3.23. The number of nitrogen functional groups attached to an aromatic ring is 1. The van der Waals surface area contributed by atoms with Crippen molar-refractivity contribution >= 4 is 22.1 Å². The normalized spacial score (nSPS) is 11.0. The van der Waals surface area contributed by atoms with Crippen molar-refractivity contribution in [1.29, 1.82) is 0 Å². The van der Waals surface area contributed by atoms with Crippen LogP contribution in [0.25, 0.3) is 27.7 Å². The Bertz CT molecular complexity index is 896. The topological polar surface area (TPSA) is 69.1 Å². The summed E-state index contributed by atoms with van der Waals surface area (Å²) in [7, 11) is 0. The maximum Gasteiger partial charge on any atom is 0.196 e. The Labute approximate surface area is 124 Å². The van der Waals surface area contributed by atoms with Crippen LogP contribution in [0.3, 0.4) is 0 Å². The number of nitrogens with zero attached hydrogens (tertiary/aromatic N) is 4. The lowest BCUT2D eigenvalue weighted by molar-refractivity contribution is 1.20. The Balaban J connectivity index is 1.95. The Morgan fingerprint density at radius 3 is 2.33 bits per heavy atom. The molecule has 2 N–H and O–H groups in total. The molecule has 0 bridgehead atoms. The van der Waals surface area contributed by atoms with Crippen LogP contribution in [0.4, 0.5) is 5.82 Å². The molecule has 0 unspecified atom stereocenters. The summed E-state index contributed by atoms with van der Waals surface area (Å²) < 4.78 is 1.93. The van der Waals surface area contributed by atoms with E-state index in [2.05, 4.69) is 15.0 Å². The highest BCUT2D eigenvalue weighted by molar-refractivity contribution is 7.15. The van der Waals surface area contributed by atoms with Gasteiger partial charge in [-0.25, -0.2) is 4.98 Å². The number of hydrogen-bond acceptors (Lipinski definition) is 5. The molecule has 0 aliphatic carbocycles. The molecule has 21 heavy (non-hydrogen) atoms. The molecule has 4 aromatic rings. The van der Waals surface area contributed by atoms with Crippen LogP contribution in [0.1, 0.15) is 0 Å². The zero-order chi connectivity index (χ0) is 14.2. The van der Waals surface area contributed by atoms with Crippen molar-refractivity contribution in [1.82, 2.24) is 19.4 Å². The second-order valence-corrected chi connectivity index (χ2v) is 5.35. The van der Waals surface area contributed by atoms with Gasteiger partial charge in [0.1, 0.15) is 11.5 Å². The molecule has 5 nitrogen and oxygen atoms in total. The fraction of sp³-hybridized carbons (Fsp3) is 0. The number of imidazole rings is 1. The average Bonchev–Trinajstić information content (AvgIpc) is 3.10. The van der Waals surface area contributed by atoms with Gasteiger partial charge >= 0.3 is 0 Å². The number of rotatable bonds is 2. The second-order valence-electron chi connectivity index (χ2n) is 4.51. The molecule has 102 valence electrons. The molecule has 0 saturated carbocycles. The number of pyridine rings is 2. The Kier molecular flexibility index (Phi) is 2.68. The first kappa shape index (κ1) is 12.0. The van der Waals surface area contributed by atoms with Crippen LogP contribution < -0.4 is 5.73 Å². The van der Waals surface area contributed by atoms with E-state index in [0.717, 1.165) is 22.0 Å². The fourth-order valence-corrected chi connectivity index (χ4v) is 3.15. The van der Waals surface area contributed by atoms with Gasteiger partial charge in [-0.05, 0) is 24.3 Å². The summed E-state index contributed by atoms with van der Waals surface area (Å²) in [5.74, 6) is 0.589. The first-order chi connectivity index (χ1) is 10.3. The quantitative estimate of drug-likeness (QED) is 0.616. The summed E-state index contributed by atoms with van der Waals surface area (Å²) in [4.78, 5) is 14.1. The van der Waals surface area contributed by atoms with Crippen molar-refractivity contribution in [3.63, 3.8) is 0 Å². The van der Waals surface area contributed by atoms with Gasteiger partial charge in [0.05, 0.1) is 17.1 Å². The minimum absolute atomic E-state index is 0.589. The van der Waals surface area contributed by atoms with Gasteiger partial charge in [0.2, 0.25) is 0 Å². The Morgan fingerprint density at radius 2 is 1.67 bits per heavy atom. The molecule has 0 radical (unpaired) electrons. The molecule has 0 aromatic carbocycles. The maximum atomic E-state index is 6.29. The zero-order valence-electron chi connectivity index (χ0n) is 11.0. The van der Waals surface area contributed by atoms with Crippen LogP contribution >= 0.6 is 11.3 Å². The van der Waals surface area contributed by atoms with Crippen molar-refractivity contribution in [2.75, 3.05) is 5.73 Å². The summed E-state index contributed by atoms with van der Waals surface area (Å²) in [6.07, 6.45) is 3.51. The minimum atomic E-state index is 0.589. The van der Waals surface area contributed by atoms with Crippen molar-refractivity contribution in [3.8, 4) is 22.8 Å². The predicted octanol–water partition coefficient (Wildman–Crippen LogP) is 3.10. The van der Waals surface area contributed by atoms with Crippen molar-refractivity contribution in [2.45, 2.75) is 0 Å². The second kappa shape index (κ2) is 4.68. The van der Waals surface area contributed by atoms with Gasteiger partial charge in [-0.2, -0.15) is 0 Å². The number of aromatic nitrogens is 4. The van der Waals surface area contributed by atoms with E-state index in [1.54, 1.807) is 23.7 Å². The van der Waals surface area contributed by atoms with Crippen molar-refractivity contribution < 1.29 is 0 Å². The monoisotopic (exact) mass is 293 g/mol. The van der Waals surface area contributed by atoms with E-state index in [4.69, 9.17) is 5.73 Å². The van der Waals surface area contributed by atoms with E-state index in [1.165, 1.54) is 0 Å². The van der Waals surface area contributed by atoms with E-state index in [0.29, 0.717) is 11.5 Å². The number of thiazole rings is 1. The van der Waals surface area contributed by atoms with Gasteiger partial charge < -0.3 is 5.73 Å². The van der Waals surface area contributed by atoms with Gasteiger partial charge in [-0.1, -0.05) is 12.1 Å². The summed E-state index contributed by atoms with van der Waals surface area (Å²) in [6, 6.07) is 11.5. The molecule has 0 amide bonds. The zero-order valence-corrected chi connectivity index (χ0v) is 11.8. The van der Waals surface area contributed by atoms with Gasteiger partial charge in [0.15, 0.2) is 4.96 Å². The molecule has 0 atom stereocenters. The van der Waals surface area contributed by atoms with Gasteiger partial charge in [-0.3, -0.25) is 14.4 Å².